The lowest BCUT2D eigenvalue weighted by Crippen LogP contribution is -2.55. The average molecular weight is 402 g/mol. The minimum atomic E-state index is 0.174. The summed E-state index contributed by atoms with van der Waals surface area (Å²) in [6.45, 7) is 6.23. The Labute approximate surface area is 174 Å². The lowest BCUT2D eigenvalue weighted by atomic mass is 9.83. The maximum Gasteiger partial charge on any atom is 0.226 e. The summed E-state index contributed by atoms with van der Waals surface area (Å²) in [5, 5.41) is 4.19. The molecule has 1 aromatic rings. The molecule has 1 atom stereocenters. The van der Waals surface area contributed by atoms with E-state index in [-0.39, 0.29) is 17.9 Å². The van der Waals surface area contributed by atoms with E-state index in [0.29, 0.717) is 25.4 Å². The average Bonchev–Trinajstić information content (AvgIpc) is 3.39. The summed E-state index contributed by atoms with van der Waals surface area (Å²) in [5.74, 6) is 0.742. The Morgan fingerprint density at radius 2 is 1.83 bits per heavy atom. The number of aromatic nitrogens is 2. The van der Waals surface area contributed by atoms with Gasteiger partial charge in [0.1, 0.15) is 0 Å². The Balaban J connectivity index is 1.35. The largest absolute Gasteiger partial charge is 0.341 e. The topological polar surface area (TPSA) is 61.7 Å². The van der Waals surface area contributed by atoms with Gasteiger partial charge >= 0.3 is 0 Å². The summed E-state index contributed by atoms with van der Waals surface area (Å²) in [4.78, 5) is 32.6. The second-order valence-corrected chi connectivity index (χ2v) is 8.86. The number of amides is 2. The molecule has 160 valence electrons. The van der Waals surface area contributed by atoms with Gasteiger partial charge in [0, 0.05) is 63.5 Å². The molecule has 7 heteroatoms. The Morgan fingerprint density at radius 3 is 2.52 bits per heavy atom. The second kappa shape index (κ2) is 9.74. The van der Waals surface area contributed by atoms with Gasteiger partial charge in [-0.05, 0) is 57.7 Å². The highest BCUT2D eigenvalue weighted by Crippen LogP contribution is 2.30. The van der Waals surface area contributed by atoms with E-state index in [1.54, 1.807) is 6.20 Å². The van der Waals surface area contributed by atoms with Crippen molar-refractivity contribution in [1.29, 1.82) is 0 Å². The molecule has 0 bridgehead atoms. The van der Waals surface area contributed by atoms with Gasteiger partial charge in [-0.15, -0.1) is 0 Å². The lowest BCUT2D eigenvalue weighted by molar-refractivity contribution is -0.145. The summed E-state index contributed by atoms with van der Waals surface area (Å²) in [5.41, 5.74) is 0. The predicted octanol–water partition coefficient (Wildman–Crippen LogP) is 1.99. The minimum absolute atomic E-state index is 0.174. The zero-order chi connectivity index (χ0) is 20.1. The predicted molar refractivity (Wildman–Crippen MR) is 111 cm³/mol. The van der Waals surface area contributed by atoms with Crippen LogP contribution < -0.4 is 0 Å². The van der Waals surface area contributed by atoms with Gasteiger partial charge in [0.05, 0.1) is 0 Å². The third-order valence-corrected chi connectivity index (χ3v) is 6.90. The first-order valence-electron chi connectivity index (χ1n) is 11.5. The van der Waals surface area contributed by atoms with Crippen molar-refractivity contribution in [3.8, 4) is 0 Å². The first-order chi connectivity index (χ1) is 14.2. The van der Waals surface area contributed by atoms with Crippen molar-refractivity contribution < 1.29 is 9.59 Å². The summed E-state index contributed by atoms with van der Waals surface area (Å²) >= 11 is 0. The molecule has 0 radical (unpaired) electrons. The summed E-state index contributed by atoms with van der Waals surface area (Å²) in [7, 11) is 0. The molecule has 3 fully saturated rings. The molecule has 0 aromatic carbocycles. The van der Waals surface area contributed by atoms with Crippen molar-refractivity contribution in [2.45, 2.75) is 64.0 Å². The number of piperidine rings is 1. The van der Waals surface area contributed by atoms with Crippen molar-refractivity contribution in [3.63, 3.8) is 0 Å². The van der Waals surface area contributed by atoms with Crippen LogP contribution in [0.15, 0.2) is 18.5 Å². The van der Waals surface area contributed by atoms with E-state index in [0.717, 1.165) is 58.4 Å². The van der Waals surface area contributed by atoms with Crippen LogP contribution in [0.2, 0.25) is 0 Å². The van der Waals surface area contributed by atoms with E-state index in [2.05, 4.69) is 14.9 Å². The molecule has 3 aliphatic rings. The van der Waals surface area contributed by atoms with Crippen LogP contribution in [0.25, 0.3) is 0 Å². The Kier molecular flexibility index (Phi) is 6.85. The molecule has 2 saturated heterocycles. The smallest absolute Gasteiger partial charge is 0.226 e. The maximum atomic E-state index is 13.2. The molecule has 4 rings (SSSR count). The van der Waals surface area contributed by atoms with Crippen LogP contribution in [0, 0.1) is 5.92 Å². The zero-order valence-electron chi connectivity index (χ0n) is 17.5. The first kappa shape index (κ1) is 20.4. The van der Waals surface area contributed by atoms with Crippen molar-refractivity contribution >= 4 is 11.8 Å². The van der Waals surface area contributed by atoms with Crippen LogP contribution in [0.3, 0.4) is 0 Å². The third kappa shape index (κ3) is 5.18. The van der Waals surface area contributed by atoms with E-state index in [4.69, 9.17) is 0 Å². The van der Waals surface area contributed by atoms with Gasteiger partial charge < -0.3 is 14.7 Å². The van der Waals surface area contributed by atoms with Crippen LogP contribution in [-0.2, 0) is 16.1 Å². The summed E-state index contributed by atoms with van der Waals surface area (Å²) in [6, 6.07) is 2.05. The van der Waals surface area contributed by atoms with Gasteiger partial charge in [-0.3, -0.25) is 14.3 Å². The normalized spacial score (nSPS) is 23.2. The summed E-state index contributed by atoms with van der Waals surface area (Å²) < 4.78 is 1.81. The minimum Gasteiger partial charge on any atom is -0.341 e. The number of hydrogen-bond acceptors (Lipinski definition) is 4. The number of nitrogens with zero attached hydrogens (tertiary/aromatic N) is 5. The number of hydrogen-bond donors (Lipinski definition) is 0. The van der Waals surface area contributed by atoms with Gasteiger partial charge in [-0.25, -0.2) is 0 Å². The van der Waals surface area contributed by atoms with Crippen LogP contribution in [0.5, 0.6) is 0 Å². The van der Waals surface area contributed by atoms with Crippen LogP contribution >= 0.6 is 0 Å². The highest BCUT2D eigenvalue weighted by molar-refractivity contribution is 5.80. The Hall–Kier alpha value is -1.89. The Morgan fingerprint density at radius 1 is 1.00 bits per heavy atom. The second-order valence-electron chi connectivity index (χ2n) is 8.86. The van der Waals surface area contributed by atoms with Crippen molar-refractivity contribution in [2.24, 2.45) is 5.92 Å². The van der Waals surface area contributed by atoms with Gasteiger partial charge in [-0.2, -0.15) is 5.10 Å². The molecule has 0 unspecified atom stereocenters. The maximum absolute atomic E-state index is 13.2. The molecule has 7 nitrogen and oxygen atoms in total. The number of likely N-dealkylation sites (tertiary alicyclic amines) is 2. The number of aryl methyl sites for hydroxylation is 1. The molecular weight excluding hydrogens is 366 g/mol. The fourth-order valence-electron chi connectivity index (χ4n) is 4.85. The van der Waals surface area contributed by atoms with Crippen LogP contribution in [-0.4, -0.2) is 81.6 Å². The van der Waals surface area contributed by atoms with Gasteiger partial charge in [0.15, 0.2) is 0 Å². The molecule has 1 aromatic heterocycles. The number of carbonyl (C=O) groups is 2. The molecule has 0 spiro atoms. The SMILES string of the molecule is O=C(CCn1cccn1)N1CCC[C@H](N(CCN2CCCC2)C(=O)C2CCC2)C1. The standard InChI is InChI=1S/C22H35N5O2/c28-21(9-15-26-14-5-10-23-26)25-13-4-8-20(18-25)27(22(29)19-6-3-7-19)17-16-24-11-1-2-12-24/h5,10,14,19-20H,1-4,6-9,11-13,15-18H2/t20-/m0/s1. The lowest BCUT2D eigenvalue weighted by Gasteiger charge is -2.42. The van der Waals surface area contributed by atoms with Crippen molar-refractivity contribution in [2.75, 3.05) is 39.3 Å². The molecule has 1 saturated carbocycles. The van der Waals surface area contributed by atoms with E-state index in [1.807, 2.05) is 21.8 Å². The fourth-order valence-corrected chi connectivity index (χ4v) is 4.85. The highest BCUT2D eigenvalue weighted by atomic mass is 16.2. The zero-order valence-corrected chi connectivity index (χ0v) is 17.5. The molecular formula is C22H35N5O2. The van der Waals surface area contributed by atoms with Crippen LogP contribution in [0.4, 0.5) is 0 Å². The fraction of sp³-hybridized carbons (Fsp3) is 0.773. The van der Waals surface area contributed by atoms with Crippen LogP contribution in [0.1, 0.15) is 51.4 Å². The first-order valence-corrected chi connectivity index (χ1v) is 11.5. The molecule has 2 amide bonds. The van der Waals surface area contributed by atoms with Gasteiger partial charge in [0.2, 0.25) is 11.8 Å². The highest BCUT2D eigenvalue weighted by Gasteiger charge is 2.35. The molecule has 0 N–H and O–H groups in total. The number of rotatable bonds is 8. The van der Waals surface area contributed by atoms with E-state index < -0.39 is 0 Å². The quantitative estimate of drug-likeness (QED) is 0.668. The van der Waals surface area contributed by atoms with E-state index in [9.17, 15) is 9.59 Å². The Bertz CT molecular complexity index is 667. The van der Waals surface area contributed by atoms with Gasteiger partial charge in [0.25, 0.3) is 0 Å². The van der Waals surface area contributed by atoms with Crippen molar-refractivity contribution in [1.82, 2.24) is 24.5 Å². The third-order valence-electron chi connectivity index (χ3n) is 6.90. The molecule has 3 heterocycles. The van der Waals surface area contributed by atoms with E-state index >= 15 is 0 Å². The number of carbonyl (C=O) groups excluding carboxylic acids is 2. The van der Waals surface area contributed by atoms with E-state index in [1.165, 1.54) is 19.3 Å². The molecule has 29 heavy (non-hydrogen) atoms. The monoisotopic (exact) mass is 401 g/mol. The molecule has 2 aliphatic heterocycles. The summed E-state index contributed by atoms with van der Waals surface area (Å²) in [6.07, 6.45) is 11.9. The molecule has 1 aliphatic carbocycles. The van der Waals surface area contributed by atoms with Crippen molar-refractivity contribution in [3.05, 3.63) is 18.5 Å². The van der Waals surface area contributed by atoms with Gasteiger partial charge in [-0.1, -0.05) is 6.42 Å².